The highest BCUT2D eigenvalue weighted by Gasteiger charge is 2.33. The van der Waals surface area contributed by atoms with Gasteiger partial charge in [-0.3, -0.25) is 0 Å². The van der Waals surface area contributed by atoms with E-state index in [-0.39, 0.29) is 19.2 Å². The maximum atomic E-state index is 14.2. The number of sulfonamides is 1. The lowest BCUT2D eigenvalue weighted by atomic mass is 10.2. The molecule has 0 amide bonds. The van der Waals surface area contributed by atoms with Crippen LogP contribution in [0.3, 0.4) is 0 Å². The fourth-order valence-corrected chi connectivity index (χ4v) is 4.79. The molecular weight excluding hydrogens is 386 g/mol. The van der Waals surface area contributed by atoms with E-state index in [0.29, 0.717) is 13.0 Å². The van der Waals surface area contributed by atoms with Gasteiger partial charge in [-0.1, -0.05) is 18.2 Å². The second kappa shape index (κ2) is 8.55. The zero-order chi connectivity index (χ0) is 20.3. The fraction of sp³-hybridized carbons (Fsp3) is 0.400. The average molecular weight is 410 g/mol. The van der Waals surface area contributed by atoms with Gasteiger partial charge in [-0.25, -0.2) is 17.2 Å². The predicted molar refractivity (Wildman–Crippen MR) is 104 cm³/mol. The van der Waals surface area contributed by atoms with E-state index in [0.717, 1.165) is 40.2 Å². The molecule has 3 rings (SSSR count). The number of benzene rings is 2. The van der Waals surface area contributed by atoms with Crippen LogP contribution in [0.15, 0.2) is 47.4 Å². The third kappa shape index (κ3) is 4.51. The summed E-state index contributed by atoms with van der Waals surface area (Å²) in [7, 11) is -0.568. The third-order valence-electron chi connectivity index (χ3n) is 4.76. The van der Waals surface area contributed by atoms with Gasteiger partial charge < -0.3 is 9.64 Å². The number of ether oxygens (including phenoxy) is 1. The summed E-state index contributed by atoms with van der Waals surface area (Å²) < 4.78 is 61.4. The lowest BCUT2D eigenvalue weighted by Gasteiger charge is -2.25. The zero-order valence-corrected chi connectivity index (χ0v) is 16.8. The van der Waals surface area contributed by atoms with Crippen molar-refractivity contribution in [2.75, 3.05) is 32.1 Å². The van der Waals surface area contributed by atoms with E-state index in [2.05, 4.69) is 0 Å². The molecule has 28 heavy (non-hydrogen) atoms. The molecule has 8 heteroatoms. The number of halogens is 2. The highest BCUT2D eigenvalue weighted by molar-refractivity contribution is 7.89. The molecular formula is C20H24F2N2O3S. The SMILES string of the molecule is CN(C)c1ccc(CN(C[C@@H]2CCCO2)S(=O)(=O)c2c(F)cccc2F)cc1. The minimum atomic E-state index is -4.38. The average Bonchev–Trinajstić information content (AvgIpc) is 3.14. The van der Waals surface area contributed by atoms with Crippen LogP contribution in [0.25, 0.3) is 0 Å². The first-order valence-corrected chi connectivity index (χ1v) is 10.5. The number of nitrogens with zero attached hydrogens (tertiary/aromatic N) is 2. The monoisotopic (exact) mass is 410 g/mol. The summed E-state index contributed by atoms with van der Waals surface area (Å²) in [5.41, 5.74) is 1.70. The van der Waals surface area contributed by atoms with Gasteiger partial charge >= 0.3 is 0 Å². The maximum Gasteiger partial charge on any atom is 0.249 e. The highest BCUT2D eigenvalue weighted by atomic mass is 32.2. The van der Waals surface area contributed by atoms with Crippen LogP contribution < -0.4 is 4.90 Å². The van der Waals surface area contributed by atoms with Crippen molar-refractivity contribution in [3.63, 3.8) is 0 Å². The standard InChI is InChI=1S/C20H24F2N2O3S/c1-23(2)16-10-8-15(9-11-16)13-24(14-17-5-4-12-27-17)28(25,26)20-18(21)6-3-7-19(20)22/h3,6-11,17H,4-5,12-14H2,1-2H3/t17-/m0/s1. The van der Waals surface area contributed by atoms with Crippen LogP contribution in [0.4, 0.5) is 14.5 Å². The molecule has 1 saturated heterocycles. The molecule has 2 aromatic rings. The number of rotatable bonds is 7. The lowest BCUT2D eigenvalue weighted by Crippen LogP contribution is -2.37. The second-order valence-electron chi connectivity index (χ2n) is 7.04. The van der Waals surface area contributed by atoms with Crippen molar-refractivity contribution in [1.29, 1.82) is 0 Å². The van der Waals surface area contributed by atoms with E-state index in [9.17, 15) is 17.2 Å². The van der Waals surface area contributed by atoms with Crippen molar-refractivity contribution in [3.8, 4) is 0 Å². The van der Waals surface area contributed by atoms with Crippen LogP contribution >= 0.6 is 0 Å². The quantitative estimate of drug-likeness (QED) is 0.702. The Kier molecular flexibility index (Phi) is 6.32. The minimum Gasteiger partial charge on any atom is -0.378 e. The van der Waals surface area contributed by atoms with Gasteiger partial charge in [-0.05, 0) is 42.7 Å². The Balaban J connectivity index is 1.94. The molecule has 0 radical (unpaired) electrons. The molecule has 0 bridgehead atoms. The third-order valence-corrected chi connectivity index (χ3v) is 6.62. The zero-order valence-electron chi connectivity index (χ0n) is 15.9. The Hall–Kier alpha value is -2.03. The van der Waals surface area contributed by atoms with E-state index in [1.165, 1.54) is 0 Å². The number of hydrogen-bond donors (Lipinski definition) is 0. The van der Waals surface area contributed by atoms with Crippen LogP contribution in [0.1, 0.15) is 18.4 Å². The summed E-state index contributed by atoms with van der Waals surface area (Å²) >= 11 is 0. The Morgan fingerprint density at radius 2 is 1.71 bits per heavy atom. The number of hydrogen-bond acceptors (Lipinski definition) is 4. The molecule has 0 aliphatic carbocycles. The molecule has 2 aromatic carbocycles. The smallest absolute Gasteiger partial charge is 0.249 e. The summed E-state index contributed by atoms with van der Waals surface area (Å²) in [6.45, 7) is 0.610. The van der Waals surface area contributed by atoms with Crippen molar-refractivity contribution in [1.82, 2.24) is 4.31 Å². The van der Waals surface area contributed by atoms with Crippen molar-refractivity contribution in [3.05, 3.63) is 59.7 Å². The molecule has 152 valence electrons. The lowest BCUT2D eigenvalue weighted by molar-refractivity contribution is 0.0924. The van der Waals surface area contributed by atoms with Gasteiger partial charge in [0.25, 0.3) is 0 Å². The van der Waals surface area contributed by atoms with Gasteiger partial charge in [0.15, 0.2) is 4.90 Å². The van der Waals surface area contributed by atoms with Crippen LogP contribution in [0.5, 0.6) is 0 Å². The first-order valence-electron chi connectivity index (χ1n) is 9.11. The minimum absolute atomic E-state index is 0.00365. The number of anilines is 1. The van der Waals surface area contributed by atoms with Gasteiger partial charge in [0, 0.05) is 39.5 Å². The van der Waals surface area contributed by atoms with E-state index in [4.69, 9.17) is 4.74 Å². The van der Waals surface area contributed by atoms with Crippen molar-refractivity contribution in [2.24, 2.45) is 0 Å². The van der Waals surface area contributed by atoms with Crippen LogP contribution in [0, 0.1) is 11.6 Å². The summed E-state index contributed by atoms with van der Waals surface area (Å²) in [6, 6.07) is 10.4. The van der Waals surface area contributed by atoms with E-state index in [1.807, 2.05) is 43.3 Å². The summed E-state index contributed by atoms with van der Waals surface area (Å²) in [6.07, 6.45) is 1.26. The predicted octanol–water partition coefficient (Wildman–Crippen LogP) is 3.40. The molecule has 0 aromatic heterocycles. The van der Waals surface area contributed by atoms with Crippen molar-refractivity contribution < 1.29 is 21.9 Å². The topological polar surface area (TPSA) is 49.9 Å². The van der Waals surface area contributed by atoms with Crippen molar-refractivity contribution >= 4 is 15.7 Å². The van der Waals surface area contributed by atoms with Gasteiger partial charge in [0.05, 0.1) is 6.10 Å². The highest BCUT2D eigenvalue weighted by Crippen LogP contribution is 2.26. The first-order chi connectivity index (χ1) is 13.3. The fourth-order valence-electron chi connectivity index (χ4n) is 3.22. The largest absolute Gasteiger partial charge is 0.378 e. The van der Waals surface area contributed by atoms with E-state index in [1.54, 1.807) is 0 Å². The summed E-state index contributed by atoms with van der Waals surface area (Å²) in [5, 5.41) is 0. The van der Waals surface area contributed by atoms with E-state index < -0.39 is 26.6 Å². The Morgan fingerprint density at radius 1 is 1.07 bits per heavy atom. The van der Waals surface area contributed by atoms with Gasteiger partial charge in [-0.2, -0.15) is 4.31 Å². The molecule has 0 N–H and O–H groups in total. The Morgan fingerprint density at radius 3 is 2.25 bits per heavy atom. The summed E-state index contributed by atoms with van der Waals surface area (Å²) in [5.74, 6) is -2.19. The normalized spacial score (nSPS) is 17.2. The Bertz CT molecular complexity index is 891. The second-order valence-corrected chi connectivity index (χ2v) is 8.92. The van der Waals surface area contributed by atoms with E-state index >= 15 is 0 Å². The maximum absolute atomic E-state index is 14.2. The van der Waals surface area contributed by atoms with Crippen LogP contribution in [0.2, 0.25) is 0 Å². The summed E-state index contributed by atoms with van der Waals surface area (Å²) in [4.78, 5) is 1.01. The van der Waals surface area contributed by atoms with Crippen molar-refractivity contribution in [2.45, 2.75) is 30.4 Å². The molecule has 1 aliphatic heterocycles. The molecule has 5 nitrogen and oxygen atoms in total. The van der Waals surface area contributed by atoms with Crippen LogP contribution in [-0.2, 0) is 21.3 Å². The van der Waals surface area contributed by atoms with Gasteiger partial charge in [0.2, 0.25) is 10.0 Å². The van der Waals surface area contributed by atoms with Gasteiger partial charge in [0.1, 0.15) is 11.6 Å². The molecule has 1 atom stereocenters. The Labute approximate surface area is 164 Å². The molecule has 1 aliphatic rings. The van der Waals surface area contributed by atoms with Gasteiger partial charge in [-0.15, -0.1) is 0 Å². The molecule has 1 heterocycles. The van der Waals surface area contributed by atoms with Crippen LogP contribution in [-0.4, -0.2) is 46.1 Å². The first kappa shape index (κ1) is 20.7. The molecule has 0 spiro atoms. The molecule has 0 unspecified atom stereocenters. The molecule has 0 saturated carbocycles. The molecule has 1 fully saturated rings.